The maximum atomic E-state index is 13.7. The van der Waals surface area contributed by atoms with Crippen LogP contribution in [0, 0.1) is 5.92 Å². The van der Waals surface area contributed by atoms with Crippen LogP contribution in [-0.4, -0.2) is 49.6 Å². The van der Waals surface area contributed by atoms with Crippen molar-refractivity contribution in [3.05, 3.63) is 76.0 Å². The van der Waals surface area contributed by atoms with Gasteiger partial charge in [0.15, 0.2) is 29.3 Å². The summed E-state index contributed by atoms with van der Waals surface area (Å²) < 4.78 is 70.6. The van der Waals surface area contributed by atoms with Crippen LogP contribution in [0.15, 0.2) is 59.8 Å². The average molecular weight is 676 g/mol. The van der Waals surface area contributed by atoms with Gasteiger partial charge in [0, 0.05) is 30.0 Å². The molecule has 5 rings (SSSR count). The summed E-state index contributed by atoms with van der Waals surface area (Å²) in [6, 6.07) is 9.95. The zero-order valence-electron chi connectivity index (χ0n) is 22.6. The van der Waals surface area contributed by atoms with Gasteiger partial charge in [-0.15, -0.1) is 11.8 Å². The molecule has 1 aromatic heterocycles. The van der Waals surface area contributed by atoms with Gasteiger partial charge < -0.3 is 19.9 Å². The first-order chi connectivity index (χ1) is 20.5. The van der Waals surface area contributed by atoms with Gasteiger partial charge in [-0.1, -0.05) is 29.3 Å². The second kappa shape index (κ2) is 13.4. The van der Waals surface area contributed by atoms with E-state index in [4.69, 9.17) is 38.4 Å². The number of sulfonamides is 1. The Labute approximate surface area is 261 Å². The number of rotatable bonds is 12. The largest absolute Gasteiger partial charge is 0.489 e. The zero-order valence-corrected chi connectivity index (χ0v) is 25.7. The number of aromatic amines is 1. The Bertz CT molecular complexity index is 1560. The lowest BCUT2D eigenvalue weighted by Crippen LogP contribution is -2.40. The number of carbonyl (C=O) groups is 1. The predicted octanol–water partition coefficient (Wildman–Crippen LogP) is 5.37. The van der Waals surface area contributed by atoms with Crippen LogP contribution in [0.5, 0.6) is 11.5 Å². The van der Waals surface area contributed by atoms with E-state index in [2.05, 4.69) is 9.72 Å². The van der Waals surface area contributed by atoms with Crippen molar-refractivity contribution >= 4 is 56.6 Å². The summed E-state index contributed by atoms with van der Waals surface area (Å²) in [5.41, 5.74) is 6.95. The highest BCUT2D eigenvalue weighted by molar-refractivity contribution is 8.02. The summed E-state index contributed by atoms with van der Waals surface area (Å²) >= 11 is 13.9. The smallest absolute Gasteiger partial charge is 0.387 e. The van der Waals surface area contributed by atoms with Gasteiger partial charge >= 0.3 is 12.6 Å². The number of H-pyrrole nitrogens is 1. The summed E-state index contributed by atoms with van der Waals surface area (Å²) in [5.74, 6) is -0.226. The Hall–Kier alpha value is -2.84. The minimum Gasteiger partial charge on any atom is -0.489 e. The van der Waals surface area contributed by atoms with Crippen molar-refractivity contribution in [2.75, 3.05) is 24.6 Å². The number of ether oxygens (including phenoxy) is 3. The average Bonchev–Trinajstić information content (AvgIpc) is 3.65. The lowest BCUT2D eigenvalue weighted by molar-refractivity contribution is -0.377. The number of hydrogen-bond acceptors (Lipinski definition) is 8. The molecule has 0 amide bonds. The lowest BCUT2D eigenvalue weighted by Gasteiger charge is -2.26. The van der Waals surface area contributed by atoms with E-state index < -0.39 is 34.1 Å². The first kappa shape index (κ1) is 31.6. The van der Waals surface area contributed by atoms with Crippen molar-refractivity contribution < 1.29 is 41.2 Å². The Balaban J connectivity index is 1.46. The standard InChI is InChI=1S/C28H27Cl2F2N3O6S2/c29-21-13-34-14-22(30)20(21)12-24(17-3-8-23(41-28(31)32)25(11-17)39-15-16-1-2-16)40-27(36)26-35(9-10-42-26)43(37,38)19-6-4-18(33)5-7-19/h3-8,11,13-14,16,24,26,28H,1-2,9-10,12,15,33H2/p+1/t24-,26?/m0/s1. The van der Waals surface area contributed by atoms with Crippen LogP contribution in [0.25, 0.3) is 0 Å². The molecule has 43 heavy (non-hydrogen) atoms. The fraction of sp³-hybridized carbons (Fsp3) is 0.357. The predicted molar refractivity (Wildman–Crippen MR) is 158 cm³/mol. The maximum Gasteiger partial charge on any atom is 0.387 e. The molecule has 0 radical (unpaired) electrons. The van der Waals surface area contributed by atoms with E-state index >= 15 is 0 Å². The molecule has 9 nitrogen and oxygen atoms in total. The van der Waals surface area contributed by atoms with E-state index in [0.29, 0.717) is 35.1 Å². The van der Waals surface area contributed by atoms with E-state index in [0.717, 1.165) is 28.9 Å². The van der Waals surface area contributed by atoms with Gasteiger partial charge in [0.2, 0.25) is 10.0 Å². The van der Waals surface area contributed by atoms with Crippen molar-refractivity contribution in [3.8, 4) is 11.5 Å². The first-order valence-corrected chi connectivity index (χ1v) is 16.5. The van der Waals surface area contributed by atoms with Gasteiger partial charge in [0.1, 0.15) is 16.1 Å². The number of benzene rings is 2. The van der Waals surface area contributed by atoms with E-state index in [1.165, 1.54) is 54.9 Å². The molecule has 0 spiro atoms. The number of thioether (sulfide) groups is 1. The summed E-state index contributed by atoms with van der Waals surface area (Å²) in [6.07, 6.45) is 3.93. The third-order valence-electron chi connectivity index (χ3n) is 6.91. The summed E-state index contributed by atoms with van der Waals surface area (Å²) in [4.78, 5) is 16.5. The third kappa shape index (κ3) is 7.63. The van der Waals surface area contributed by atoms with Crippen molar-refractivity contribution in [2.24, 2.45) is 5.92 Å². The highest BCUT2D eigenvalue weighted by Gasteiger charge is 2.42. The van der Waals surface area contributed by atoms with Crippen LogP contribution in [0.3, 0.4) is 0 Å². The number of hydrogen-bond donors (Lipinski definition) is 1. The minimum atomic E-state index is -4.05. The van der Waals surface area contributed by atoms with E-state index in [9.17, 15) is 22.0 Å². The number of nitrogen functional groups attached to an aromatic ring is 1. The number of nitrogens with two attached hydrogens (primary N) is 1. The van der Waals surface area contributed by atoms with Crippen LogP contribution < -0.4 is 20.2 Å². The Morgan fingerprint density at radius 2 is 1.79 bits per heavy atom. The Morgan fingerprint density at radius 1 is 1.09 bits per heavy atom. The molecule has 2 atom stereocenters. The Morgan fingerprint density at radius 3 is 2.44 bits per heavy atom. The van der Waals surface area contributed by atoms with E-state index in [1.54, 1.807) is 0 Å². The number of esters is 1. The van der Waals surface area contributed by atoms with Crippen molar-refractivity contribution in [1.82, 2.24) is 4.31 Å². The van der Waals surface area contributed by atoms with Gasteiger partial charge in [0.25, 0.3) is 0 Å². The van der Waals surface area contributed by atoms with E-state index in [1.807, 2.05) is 0 Å². The number of pyridine rings is 1. The number of halogens is 4. The van der Waals surface area contributed by atoms with Gasteiger partial charge in [-0.25, -0.2) is 18.2 Å². The maximum absolute atomic E-state index is 13.7. The Kier molecular flexibility index (Phi) is 9.86. The summed E-state index contributed by atoms with van der Waals surface area (Å²) in [5, 5.41) is -0.620. The molecule has 1 saturated carbocycles. The molecule has 1 aliphatic heterocycles. The van der Waals surface area contributed by atoms with Crippen molar-refractivity contribution in [1.29, 1.82) is 0 Å². The fourth-order valence-electron chi connectivity index (χ4n) is 4.47. The molecule has 230 valence electrons. The molecule has 3 aromatic rings. The summed E-state index contributed by atoms with van der Waals surface area (Å²) in [7, 11) is -4.05. The van der Waals surface area contributed by atoms with E-state index in [-0.39, 0.29) is 39.4 Å². The molecule has 2 heterocycles. The van der Waals surface area contributed by atoms with Gasteiger partial charge in [-0.2, -0.15) is 13.1 Å². The minimum absolute atomic E-state index is 0.00268. The molecule has 1 saturated heterocycles. The quantitative estimate of drug-likeness (QED) is 0.201. The fourth-order valence-corrected chi connectivity index (χ4v) is 8.05. The first-order valence-electron chi connectivity index (χ1n) is 13.3. The van der Waals surface area contributed by atoms with Crippen LogP contribution >= 0.6 is 35.0 Å². The molecule has 3 N–H and O–H groups in total. The monoisotopic (exact) mass is 674 g/mol. The number of carbonyl (C=O) groups excluding carboxylic acids is 1. The van der Waals surface area contributed by atoms with Gasteiger partial charge in [-0.05, 0) is 60.7 Å². The van der Waals surface area contributed by atoms with Crippen molar-refractivity contribution in [2.45, 2.75) is 42.2 Å². The van der Waals surface area contributed by atoms with Crippen molar-refractivity contribution in [3.63, 3.8) is 0 Å². The number of alkyl halides is 2. The second-order valence-electron chi connectivity index (χ2n) is 10.0. The molecule has 1 aliphatic carbocycles. The summed E-state index contributed by atoms with van der Waals surface area (Å²) in [6.45, 7) is -2.67. The SMILES string of the molecule is Nc1ccc(S(=O)(=O)N2CCSC2C(=O)O[C@@H](Cc2c(Cl)c[nH+]cc2Cl)c2ccc(OC(F)F)c(OCC3CC3)c2)cc1. The normalized spacial score (nSPS) is 18.0. The van der Waals surface area contributed by atoms with Gasteiger partial charge in [-0.3, -0.25) is 0 Å². The molecular weight excluding hydrogens is 647 g/mol. The molecular formula is C28H28Cl2F2N3O6S2+. The van der Waals surface area contributed by atoms with Crippen LogP contribution in [-0.2, 0) is 26.0 Å². The third-order valence-corrected chi connectivity index (χ3v) is 10.8. The number of anilines is 1. The zero-order chi connectivity index (χ0) is 30.7. The number of nitrogens with zero attached hydrogens (tertiary/aromatic N) is 1. The molecule has 2 fully saturated rings. The van der Waals surface area contributed by atoms with Crippen LogP contribution in [0.1, 0.15) is 30.1 Å². The number of nitrogens with one attached hydrogen (secondary N) is 1. The highest BCUT2D eigenvalue weighted by atomic mass is 35.5. The van der Waals surface area contributed by atoms with Crippen LogP contribution in [0.2, 0.25) is 10.0 Å². The van der Waals surface area contributed by atoms with Gasteiger partial charge in [0.05, 0.1) is 11.5 Å². The highest BCUT2D eigenvalue weighted by Crippen LogP contribution is 2.39. The van der Waals surface area contributed by atoms with Crippen LogP contribution in [0.4, 0.5) is 14.5 Å². The second-order valence-corrected chi connectivity index (χ2v) is 13.9. The lowest BCUT2D eigenvalue weighted by atomic mass is 10.0. The molecule has 0 bridgehead atoms. The topological polar surface area (TPSA) is 122 Å². The molecule has 15 heteroatoms. The molecule has 2 aliphatic rings. The molecule has 1 unspecified atom stereocenters. The molecule has 2 aromatic carbocycles. The number of aromatic nitrogens is 1.